The molecule has 1 saturated carbocycles. The number of hydrogen-bond acceptors (Lipinski definition) is 5. The van der Waals surface area contributed by atoms with E-state index in [1.807, 2.05) is 23.1 Å². The third-order valence-corrected chi connectivity index (χ3v) is 9.92. The van der Waals surface area contributed by atoms with Gasteiger partial charge in [0, 0.05) is 12.7 Å². The van der Waals surface area contributed by atoms with Crippen molar-refractivity contribution in [2.24, 2.45) is 5.92 Å². The van der Waals surface area contributed by atoms with E-state index in [4.69, 9.17) is 4.74 Å². The van der Waals surface area contributed by atoms with Gasteiger partial charge in [-0.2, -0.15) is 0 Å². The summed E-state index contributed by atoms with van der Waals surface area (Å²) in [6, 6.07) is 11.6. The van der Waals surface area contributed by atoms with Crippen LogP contribution in [0.3, 0.4) is 0 Å². The van der Waals surface area contributed by atoms with E-state index in [1.54, 1.807) is 13.1 Å². The zero-order valence-electron chi connectivity index (χ0n) is 23.3. The standard InChI is InChI=1S/C31H36N3O5.Tl/c1-20(35)17-31(15-14-22-16-24(12-13-25(22)31)33-30(38)32-2)28(36)8-5-9-29(37)34-18-23-6-3-4-7-27(23)39-19-26(34)21-10-11-21;/h4,6-7,12-13,16,21,26H,5,8-11,14-15,17-19H2,1-2H3,(H2,32,33,38);/t26-,31-;/m0./s1. The molecule has 0 bridgehead atoms. The Kier molecular flexibility index (Phi) is 8.63. The minimum atomic E-state index is -0.871. The molecule has 3 amide bonds. The summed E-state index contributed by atoms with van der Waals surface area (Å²) in [5.74, 6) is 1.42. The zero-order chi connectivity index (χ0) is 28.4. The van der Waals surface area contributed by atoms with Crippen LogP contribution in [0.5, 0.6) is 5.75 Å². The third kappa shape index (κ3) is 6.11. The van der Waals surface area contributed by atoms with Crippen LogP contribution in [0, 0.1) is 5.92 Å². The molecule has 0 radical (unpaired) electrons. The predicted molar refractivity (Wildman–Crippen MR) is 153 cm³/mol. The molecule has 1 fully saturated rings. The fourth-order valence-electron chi connectivity index (χ4n) is 6.38. The average molecular weight is 735 g/mol. The average Bonchev–Trinajstić information content (AvgIpc) is 3.72. The molecule has 2 N–H and O–H groups in total. The number of carbonyl (C=O) groups excluding carboxylic acids is 4. The summed E-state index contributed by atoms with van der Waals surface area (Å²) in [6.45, 7) is 2.60. The molecule has 2 aromatic carbocycles. The van der Waals surface area contributed by atoms with Crippen LogP contribution in [0.2, 0.25) is 0 Å². The van der Waals surface area contributed by atoms with Crippen LogP contribution in [0.25, 0.3) is 0 Å². The number of aryl methyl sites for hydroxylation is 1. The molecule has 2 aromatic rings. The van der Waals surface area contributed by atoms with Gasteiger partial charge in [-0.3, -0.25) is 4.79 Å². The number of anilines is 1. The Morgan fingerprint density at radius 2 is 1.88 bits per heavy atom. The van der Waals surface area contributed by atoms with Gasteiger partial charge in [-0.1, -0.05) is 6.07 Å². The van der Waals surface area contributed by atoms with Crippen molar-refractivity contribution in [2.75, 3.05) is 19.0 Å². The van der Waals surface area contributed by atoms with Gasteiger partial charge >= 0.3 is 176 Å². The molecule has 208 valence electrons. The van der Waals surface area contributed by atoms with Crippen LogP contribution < -0.4 is 18.5 Å². The Morgan fingerprint density at radius 3 is 2.60 bits per heavy atom. The molecule has 1 heterocycles. The number of fused-ring (bicyclic) bond motifs is 2. The molecule has 5 rings (SSSR count). The molecule has 2 aliphatic carbocycles. The number of nitrogens with zero attached hydrogens (tertiary/aromatic N) is 1. The number of nitrogens with one attached hydrogen (secondary N) is 2. The monoisotopic (exact) mass is 735 g/mol. The summed E-state index contributed by atoms with van der Waals surface area (Å²) in [5, 5.41) is 5.31. The summed E-state index contributed by atoms with van der Waals surface area (Å²) in [4.78, 5) is 53.5. The van der Waals surface area contributed by atoms with Gasteiger partial charge in [0.1, 0.15) is 5.78 Å². The summed E-state index contributed by atoms with van der Waals surface area (Å²) >= 11 is 0.717. The summed E-state index contributed by atoms with van der Waals surface area (Å²) in [5.41, 5.74) is 2.70. The summed E-state index contributed by atoms with van der Waals surface area (Å²) < 4.78 is 7.44. The van der Waals surface area contributed by atoms with Crippen molar-refractivity contribution in [3.63, 3.8) is 0 Å². The van der Waals surface area contributed by atoms with E-state index in [0.29, 0.717) is 50.4 Å². The number of ether oxygens (including phenoxy) is 1. The molecular formula is C31H36N3O5Tl. The van der Waals surface area contributed by atoms with Crippen molar-refractivity contribution in [1.29, 1.82) is 0 Å². The van der Waals surface area contributed by atoms with Gasteiger partial charge in [0.2, 0.25) is 0 Å². The molecule has 2 atom stereocenters. The number of rotatable bonds is 9. The van der Waals surface area contributed by atoms with Crippen LogP contribution in [0.4, 0.5) is 10.5 Å². The maximum absolute atomic E-state index is 13.8. The van der Waals surface area contributed by atoms with Crippen molar-refractivity contribution >= 4 is 58.1 Å². The Bertz CT molecular complexity index is 1340. The van der Waals surface area contributed by atoms with Gasteiger partial charge in [-0.15, -0.1) is 0 Å². The number of benzene rings is 2. The van der Waals surface area contributed by atoms with Gasteiger partial charge in [0.15, 0.2) is 0 Å². The van der Waals surface area contributed by atoms with Crippen molar-refractivity contribution in [3.8, 4) is 5.75 Å². The number of Topliss-reactive ketones (excluding diaryl/α,β-unsaturated/α-hetero) is 2. The van der Waals surface area contributed by atoms with Crippen LogP contribution in [-0.4, -0.2) is 73.9 Å². The molecule has 0 saturated heterocycles. The first-order chi connectivity index (χ1) is 19.2. The molecular weight excluding hydrogens is 699 g/mol. The Balaban J connectivity index is 1.28. The van der Waals surface area contributed by atoms with Gasteiger partial charge in [-0.05, 0) is 31.0 Å². The maximum atomic E-state index is 13.8. The first-order valence-corrected chi connectivity index (χ1v) is 16.4. The molecule has 9 heteroatoms. The fraction of sp³-hybridized carbons (Fsp3) is 0.484. The van der Waals surface area contributed by atoms with E-state index < -0.39 is 5.41 Å². The third-order valence-electron chi connectivity index (χ3n) is 8.53. The zero-order valence-corrected chi connectivity index (χ0v) is 27.7. The molecule has 0 unspecified atom stereocenters. The van der Waals surface area contributed by atoms with Crippen LogP contribution >= 0.6 is 0 Å². The normalized spacial score (nSPS) is 21.4. The van der Waals surface area contributed by atoms with E-state index in [0.717, 1.165) is 61.0 Å². The fourth-order valence-corrected chi connectivity index (χ4v) is 7.53. The van der Waals surface area contributed by atoms with Crippen LogP contribution in [0.1, 0.15) is 68.6 Å². The van der Waals surface area contributed by atoms with Crippen molar-refractivity contribution < 1.29 is 23.9 Å². The van der Waals surface area contributed by atoms with Crippen molar-refractivity contribution in [3.05, 3.63) is 53.1 Å². The molecule has 0 aromatic heterocycles. The SMILES string of the molecule is CNC(=O)Nc1ccc2c(c1)CC[C@@]2(CC(C)=O)C(=O)CCCC(=O)N1Cc2c[c]([Tl])ccc2OC[C@H]1C1CC1. The van der Waals surface area contributed by atoms with Gasteiger partial charge in [-0.25, -0.2) is 4.79 Å². The summed E-state index contributed by atoms with van der Waals surface area (Å²) in [6.07, 6.45) is 4.61. The van der Waals surface area contributed by atoms with Gasteiger partial charge in [0.05, 0.1) is 0 Å². The van der Waals surface area contributed by atoms with E-state index in [2.05, 4.69) is 22.8 Å². The van der Waals surface area contributed by atoms with Crippen LogP contribution in [0.15, 0.2) is 36.4 Å². The van der Waals surface area contributed by atoms with Gasteiger partial charge in [0.25, 0.3) is 0 Å². The number of ketones is 2. The quantitative estimate of drug-likeness (QED) is 0.385. The number of urea groups is 1. The Morgan fingerprint density at radius 1 is 1.07 bits per heavy atom. The first-order valence-electron chi connectivity index (χ1n) is 14.2. The summed E-state index contributed by atoms with van der Waals surface area (Å²) in [7, 11) is 1.55. The predicted octanol–water partition coefficient (Wildman–Crippen LogP) is 3.33. The first kappa shape index (κ1) is 28.8. The Labute approximate surface area is 251 Å². The van der Waals surface area contributed by atoms with Crippen molar-refractivity contribution in [2.45, 2.75) is 76.3 Å². The second-order valence-corrected chi connectivity index (χ2v) is 14.0. The van der Waals surface area contributed by atoms with E-state index in [-0.39, 0.29) is 42.4 Å². The number of amides is 3. The van der Waals surface area contributed by atoms with E-state index in [1.165, 1.54) is 10.0 Å². The second kappa shape index (κ2) is 12.0. The topological polar surface area (TPSA) is 105 Å². The molecule has 40 heavy (non-hydrogen) atoms. The molecule has 3 aliphatic rings. The molecule has 8 nitrogen and oxygen atoms in total. The van der Waals surface area contributed by atoms with Crippen LogP contribution in [-0.2, 0) is 32.8 Å². The molecule has 0 spiro atoms. The number of hydrogen-bond donors (Lipinski definition) is 2. The number of carbonyl (C=O) groups is 4. The second-order valence-electron chi connectivity index (χ2n) is 11.4. The van der Waals surface area contributed by atoms with Crippen molar-refractivity contribution in [1.82, 2.24) is 10.2 Å². The van der Waals surface area contributed by atoms with Gasteiger partial charge < -0.3 is 10.6 Å². The van der Waals surface area contributed by atoms with E-state index >= 15 is 0 Å². The molecule has 1 aliphatic heterocycles. The Hall–Kier alpha value is -2.76. The minimum absolute atomic E-state index is 0.0196. The van der Waals surface area contributed by atoms with E-state index in [9.17, 15) is 19.2 Å².